The molecule has 0 spiro atoms. The van der Waals surface area contributed by atoms with Crippen LogP contribution in [0.5, 0.6) is 0 Å². The Morgan fingerprint density at radius 3 is 2.22 bits per heavy atom. The first-order chi connectivity index (χ1) is 8.41. The summed E-state index contributed by atoms with van der Waals surface area (Å²) in [5.74, 6) is -0.434. The number of rotatable bonds is 5. The number of hydrogen-bond donors (Lipinski definition) is 0. The molecular formula is C13H19BrFNOSi. The van der Waals surface area contributed by atoms with Gasteiger partial charge >= 0.3 is 0 Å². The first-order valence-corrected chi connectivity index (χ1v) is 9.70. The van der Waals surface area contributed by atoms with Crippen LogP contribution in [-0.2, 0) is 0 Å². The lowest BCUT2D eigenvalue weighted by Crippen LogP contribution is -2.50. The average molecular weight is 332 g/mol. The zero-order valence-corrected chi connectivity index (χ0v) is 13.9. The van der Waals surface area contributed by atoms with Crippen molar-refractivity contribution in [3.05, 3.63) is 22.2 Å². The second-order valence-electron chi connectivity index (χ2n) is 4.55. The van der Waals surface area contributed by atoms with Crippen molar-refractivity contribution in [3.63, 3.8) is 0 Å². The van der Waals surface area contributed by atoms with Gasteiger partial charge in [-0.2, -0.15) is 0 Å². The average Bonchev–Trinajstić information content (AvgIpc) is 2.33. The number of carbonyl (C=O) groups is 1. The lowest BCUT2D eigenvalue weighted by Gasteiger charge is -2.30. The van der Waals surface area contributed by atoms with Gasteiger partial charge in [0.2, 0.25) is 0 Å². The van der Waals surface area contributed by atoms with Gasteiger partial charge in [-0.25, -0.2) is 9.37 Å². The molecule has 1 heterocycles. The van der Waals surface area contributed by atoms with Crippen molar-refractivity contribution >= 4 is 35.0 Å². The Morgan fingerprint density at radius 1 is 1.33 bits per heavy atom. The van der Waals surface area contributed by atoms with Gasteiger partial charge in [0.15, 0.2) is 5.78 Å². The van der Waals surface area contributed by atoms with E-state index in [0.717, 1.165) is 18.1 Å². The fourth-order valence-electron chi connectivity index (χ4n) is 2.52. The molecule has 0 bridgehead atoms. The first kappa shape index (κ1) is 15.5. The third-order valence-electron chi connectivity index (χ3n) is 3.83. The molecule has 0 amide bonds. The van der Waals surface area contributed by atoms with Gasteiger partial charge in [-0.3, -0.25) is 4.79 Å². The van der Waals surface area contributed by atoms with Gasteiger partial charge < -0.3 is 0 Å². The van der Waals surface area contributed by atoms with Crippen molar-refractivity contribution in [2.75, 3.05) is 0 Å². The molecule has 1 aromatic rings. The van der Waals surface area contributed by atoms with Gasteiger partial charge in [0.1, 0.15) is 16.1 Å². The highest BCUT2D eigenvalue weighted by Crippen LogP contribution is 2.24. The predicted molar refractivity (Wildman–Crippen MR) is 78.7 cm³/mol. The fraction of sp³-hybridized carbons (Fsp3) is 0.538. The van der Waals surface area contributed by atoms with Gasteiger partial charge in [-0.1, -0.05) is 38.9 Å². The molecule has 18 heavy (non-hydrogen) atoms. The number of halogens is 2. The normalized spacial score (nSPS) is 11.7. The van der Waals surface area contributed by atoms with Crippen molar-refractivity contribution in [2.45, 2.75) is 45.8 Å². The summed E-state index contributed by atoms with van der Waals surface area (Å²) < 4.78 is 14.7. The highest BCUT2D eigenvalue weighted by atomic mass is 79.9. The highest BCUT2D eigenvalue weighted by molar-refractivity contribution is 9.10. The second-order valence-corrected chi connectivity index (χ2v) is 10.5. The van der Waals surface area contributed by atoms with E-state index in [4.69, 9.17) is 0 Å². The van der Waals surface area contributed by atoms with Gasteiger partial charge in [0, 0.05) is 18.2 Å². The minimum Gasteiger partial charge on any atom is -0.293 e. The molecule has 0 aliphatic heterocycles. The molecule has 0 aliphatic rings. The van der Waals surface area contributed by atoms with Crippen molar-refractivity contribution < 1.29 is 9.18 Å². The molecule has 1 rings (SSSR count). The third kappa shape index (κ3) is 2.72. The number of nitrogens with zero attached hydrogens (tertiary/aromatic N) is 1. The number of Topliss-reactive ketones (excluding diaryl/α,β-unsaturated/α-hetero) is 1. The Hall–Kier alpha value is -0.553. The maximum Gasteiger partial charge on any atom is 0.178 e. The quantitative estimate of drug-likeness (QED) is 0.465. The summed E-state index contributed by atoms with van der Waals surface area (Å²) in [6, 6.07) is 4.17. The van der Waals surface area contributed by atoms with Crippen LogP contribution < -0.4 is 5.19 Å². The van der Waals surface area contributed by atoms with Crippen LogP contribution in [0.25, 0.3) is 0 Å². The van der Waals surface area contributed by atoms with Crippen LogP contribution in [0.2, 0.25) is 18.1 Å². The minimum absolute atomic E-state index is 0.155. The molecule has 2 nitrogen and oxygen atoms in total. The molecule has 0 saturated carbocycles. The van der Waals surface area contributed by atoms with Crippen molar-refractivity contribution in [2.24, 2.45) is 0 Å². The lowest BCUT2D eigenvalue weighted by atomic mass is 10.2. The Bertz CT molecular complexity index is 452. The number of pyridine rings is 1. The van der Waals surface area contributed by atoms with Gasteiger partial charge in [-0.05, 0) is 15.9 Å². The van der Waals surface area contributed by atoms with Crippen LogP contribution in [0.1, 0.15) is 38.2 Å². The highest BCUT2D eigenvalue weighted by Gasteiger charge is 2.36. The molecule has 0 radical (unpaired) electrons. The van der Waals surface area contributed by atoms with E-state index in [9.17, 15) is 9.18 Å². The first-order valence-electron chi connectivity index (χ1n) is 6.29. The molecule has 0 saturated heterocycles. The number of aromatic nitrogens is 1. The summed E-state index contributed by atoms with van der Waals surface area (Å²) in [5.41, 5.74) is 0.319. The number of ketones is 1. The van der Waals surface area contributed by atoms with E-state index in [0.29, 0.717) is 15.5 Å². The maximum atomic E-state index is 14.3. The third-order valence-corrected chi connectivity index (χ3v) is 9.84. The van der Waals surface area contributed by atoms with E-state index in [-0.39, 0.29) is 11.6 Å². The smallest absolute Gasteiger partial charge is 0.178 e. The molecule has 0 aliphatic carbocycles. The molecule has 0 fully saturated rings. The van der Waals surface area contributed by atoms with Crippen molar-refractivity contribution in [3.8, 4) is 0 Å². The topological polar surface area (TPSA) is 30.0 Å². The van der Waals surface area contributed by atoms with E-state index in [1.165, 1.54) is 13.0 Å². The SMILES string of the molecule is CC[Si](CC)(CC)c1c(F)cc(Br)nc1C(C)=O. The second kappa shape index (κ2) is 6.06. The standard InChI is InChI=1S/C13H19BrFNOSi/c1-5-18(6-2,7-3)13-10(15)8-11(14)16-12(13)9(4)17/h8H,5-7H2,1-4H3. The summed E-state index contributed by atoms with van der Waals surface area (Å²) in [5, 5.41) is 0.616. The lowest BCUT2D eigenvalue weighted by molar-refractivity contribution is 0.101. The van der Waals surface area contributed by atoms with Crippen molar-refractivity contribution in [1.29, 1.82) is 0 Å². The van der Waals surface area contributed by atoms with Crippen LogP contribution >= 0.6 is 15.9 Å². The Morgan fingerprint density at radius 2 is 1.83 bits per heavy atom. The molecule has 5 heteroatoms. The molecular weight excluding hydrogens is 313 g/mol. The molecule has 100 valence electrons. The zero-order valence-electron chi connectivity index (χ0n) is 11.3. The summed E-state index contributed by atoms with van der Waals surface area (Å²) in [7, 11) is -1.95. The predicted octanol–water partition coefficient (Wildman–Crippen LogP) is 3.90. The molecule has 1 aromatic heterocycles. The number of hydrogen-bond acceptors (Lipinski definition) is 2. The van der Waals surface area contributed by atoms with Gasteiger partial charge in [0.25, 0.3) is 0 Å². The Kier molecular flexibility index (Phi) is 5.22. The number of carbonyl (C=O) groups excluding carboxylic acids is 1. The molecule has 0 unspecified atom stereocenters. The van der Waals surface area contributed by atoms with Gasteiger partial charge in [-0.15, -0.1) is 0 Å². The van der Waals surface area contributed by atoms with Crippen LogP contribution in [0.4, 0.5) is 4.39 Å². The maximum absolute atomic E-state index is 14.3. The summed E-state index contributed by atoms with van der Waals surface area (Å²) >= 11 is 3.16. The summed E-state index contributed by atoms with van der Waals surface area (Å²) in [6.45, 7) is 7.72. The van der Waals surface area contributed by atoms with Crippen LogP contribution in [0.3, 0.4) is 0 Å². The zero-order chi connectivity index (χ0) is 13.9. The molecule has 0 N–H and O–H groups in total. The van der Waals surface area contributed by atoms with Crippen LogP contribution in [0.15, 0.2) is 10.7 Å². The van der Waals surface area contributed by atoms with Crippen LogP contribution in [0, 0.1) is 5.82 Å². The van der Waals surface area contributed by atoms with E-state index in [2.05, 4.69) is 41.7 Å². The van der Waals surface area contributed by atoms with E-state index in [1.54, 1.807) is 0 Å². The monoisotopic (exact) mass is 331 g/mol. The summed E-state index contributed by atoms with van der Waals surface area (Å²) in [4.78, 5) is 15.9. The largest absolute Gasteiger partial charge is 0.293 e. The molecule has 0 aromatic carbocycles. The van der Waals surface area contributed by atoms with E-state index < -0.39 is 8.07 Å². The molecule has 0 atom stereocenters. The Labute approximate surface area is 117 Å². The summed E-state index contributed by atoms with van der Waals surface area (Å²) in [6.07, 6.45) is 0. The van der Waals surface area contributed by atoms with Crippen LogP contribution in [-0.4, -0.2) is 18.8 Å². The van der Waals surface area contributed by atoms with E-state index in [1.807, 2.05) is 0 Å². The Balaban J connectivity index is 3.60. The van der Waals surface area contributed by atoms with E-state index >= 15 is 0 Å². The fourth-order valence-corrected chi connectivity index (χ4v) is 6.78. The minimum atomic E-state index is -1.95. The van der Waals surface area contributed by atoms with Crippen molar-refractivity contribution in [1.82, 2.24) is 4.98 Å². The van der Waals surface area contributed by atoms with Gasteiger partial charge in [0.05, 0.1) is 8.07 Å².